The molecule has 0 bridgehead atoms. The van der Waals surface area contributed by atoms with Gasteiger partial charge in [-0.05, 0) is 11.5 Å². The summed E-state index contributed by atoms with van der Waals surface area (Å²) in [5.41, 5.74) is -0.453. The van der Waals surface area contributed by atoms with Gasteiger partial charge in [-0.2, -0.15) is 0 Å². The molecule has 2 aromatic rings. The highest BCUT2D eigenvalue weighted by atomic mass is 32.2. The molecule has 0 aliphatic heterocycles. The van der Waals surface area contributed by atoms with Gasteiger partial charge in [0.1, 0.15) is 0 Å². The Labute approximate surface area is 97.0 Å². The van der Waals surface area contributed by atoms with Crippen LogP contribution in [-0.2, 0) is 10.0 Å². The van der Waals surface area contributed by atoms with Crippen LogP contribution >= 0.6 is 0 Å². The van der Waals surface area contributed by atoms with Crippen molar-refractivity contribution in [2.24, 2.45) is 5.14 Å². The lowest BCUT2D eigenvalue weighted by atomic mass is 10.1. The summed E-state index contributed by atoms with van der Waals surface area (Å²) < 4.78 is 22.6. The summed E-state index contributed by atoms with van der Waals surface area (Å²) in [6.07, 6.45) is 0. The third kappa shape index (κ3) is 1.80. The number of primary sulfonamides is 1. The summed E-state index contributed by atoms with van der Waals surface area (Å²) in [6, 6.07) is 7.79. The summed E-state index contributed by atoms with van der Waals surface area (Å²) >= 11 is 0. The van der Waals surface area contributed by atoms with E-state index in [-0.39, 0.29) is 0 Å². The Morgan fingerprint density at radius 2 is 1.94 bits per heavy atom. The van der Waals surface area contributed by atoms with E-state index in [2.05, 4.69) is 4.98 Å². The number of sulfonamides is 1. The molecule has 86 valence electrons. The van der Waals surface area contributed by atoms with Crippen molar-refractivity contribution in [2.75, 3.05) is 0 Å². The van der Waals surface area contributed by atoms with Crippen LogP contribution in [0.1, 0.15) is 0 Å². The summed E-state index contributed by atoms with van der Waals surface area (Å²) in [7, 11) is -4.07. The second kappa shape index (κ2) is 3.69. The van der Waals surface area contributed by atoms with Gasteiger partial charge in [0.25, 0.3) is 0 Å². The van der Waals surface area contributed by atoms with Crippen molar-refractivity contribution in [3.63, 3.8) is 0 Å². The van der Waals surface area contributed by atoms with E-state index >= 15 is 0 Å². The maximum Gasteiger partial charge on any atom is 0.446 e. The molecule has 0 atom stereocenters. The van der Waals surface area contributed by atoms with Crippen molar-refractivity contribution in [3.05, 3.63) is 35.3 Å². The zero-order valence-corrected chi connectivity index (χ0v) is 9.35. The van der Waals surface area contributed by atoms with Gasteiger partial charge < -0.3 is 5.11 Å². The zero-order chi connectivity index (χ0) is 12.6. The molecule has 0 saturated heterocycles. The molecule has 0 spiro atoms. The molecule has 0 aromatic heterocycles. The number of nitrogens with zero attached hydrogens (tertiary/aromatic N) is 2. The fourth-order valence-electron chi connectivity index (χ4n) is 1.61. The van der Waals surface area contributed by atoms with E-state index in [9.17, 15) is 13.5 Å². The number of diazo groups is 1. The minimum atomic E-state index is -4.07. The van der Waals surface area contributed by atoms with Gasteiger partial charge in [-0.1, -0.05) is 24.3 Å². The summed E-state index contributed by atoms with van der Waals surface area (Å²) in [6.45, 7) is 0. The third-order valence-electron chi connectivity index (χ3n) is 2.37. The fourth-order valence-corrected chi connectivity index (χ4v) is 2.30. The highest BCUT2D eigenvalue weighted by molar-refractivity contribution is 7.89. The van der Waals surface area contributed by atoms with Gasteiger partial charge in [-0.3, -0.25) is 0 Å². The van der Waals surface area contributed by atoms with Gasteiger partial charge in [-0.15, -0.1) is 0 Å². The van der Waals surface area contributed by atoms with Crippen LogP contribution in [0.3, 0.4) is 0 Å². The monoisotopic (exact) mass is 250 g/mol. The van der Waals surface area contributed by atoms with Crippen LogP contribution in [0.25, 0.3) is 15.7 Å². The van der Waals surface area contributed by atoms with Crippen LogP contribution in [0.5, 0.6) is 5.75 Å². The molecule has 3 N–H and O–H groups in total. The topological polar surface area (TPSA) is 109 Å². The molecule has 0 unspecified atom stereocenters. The number of rotatable bonds is 1. The Balaban J connectivity index is 3.02. The van der Waals surface area contributed by atoms with E-state index in [0.717, 1.165) is 0 Å². The van der Waals surface area contributed by atoms with Crippen molar-refractivity contribution < 1.29 is 13.5 Å². The lowest BCUT2D eigenvalue weighted by Gasteiger charge is -2.01. The van der Waals surface area contributed by atoms with Gasteiger partial charge in [0.05, 0.1) is 0 Å². The molecule has 0 radical (unpaired) electrons. The molecule has 0 aliphatic rings. The molecular weight excluding hydrogens is 242 g/mol. The minimum absolute atomic E-state index is 0.382. The first-order valence-corrected chi connectivity index (χ1v) is 6.12. The van der Waals surface area contributed by atoms with Crippen LogP contribution in [0, 0.1) is 5.39 Å². The number of aromatic hydroxyl groups is 1. The molecule has 17 heavy (non-hydrogen) atoms. The molecule has 2 rings (SSSR count). The predicted octanol–water partition coefficient (Wildman–Crippen LogP) is 1.68. The smallest absolute Gasteiger partial charge is 0.446 e. The lowest BCUT2D eigenvalue weighted by molar-refractivity contribution is 0.483. The predicted molar refractivity (Wildman–Crippen MR) is 61.7 cm³/mol. The summed E-state index contributed by atoms with van der Waals surface area (Å²) in [4.78, 5) is 2.36. The van der Waals surface area contributed by atoms with Crippen molar-refractivity contribution in [3.8, 4) is 5.75 Å². The van der Waals surface area contributed by atoms with Crippen LogP contribution in [-0.4, -0.2) is 13.5 Å². The van der Waals surface area contributed by atoms with E-state index in [1.54, 1.807) is 24.3 Å². The average molecular weight is 250 g/mol. The first-order valence-electron chi connectivity index (χ1n) is 4.58. The van der Waals surface area contributed by atoms with Gasteiger partial charge in [0.2, 0.25) is 21.2 Å². The van der Waals surface area contributed by atoms with Crippen molar-refractivity contribution in [2.45, 2.75) is 4.90 Å². The van der Waals surface area contributed by atoms with Crippen LogP contribution in [0.15, 0.2) is 35.2 Å². The van der Waals surface area contributed by atoms with Gasteiger partial charge >= 0.3 is 5.69 Å². The number of phenolic OH excluding ortho intramolecular Hbond substituents is 1. The number of hydrogen-bond donors (Lipinski definition) is 2. The Morgan fingerprint density at radius 1 is 1.29 bits per heavy atom. The standard InChI is InChI=1S/C10H7N3O3S/c11-13-9-8(17(12,15)16)5-6-3-1-2-4-7(6)10(9)14/h1-5H,(H2-,12,14,15,16)/p+1. The largest absolute Gasteiger partial charge is 0.501 e. The van der Waals surface area contributed by atoms with E-state index in [1.807, 2.05) is 0 Å². The molecule has 0 saturated carbocycles. The molecular formula is C10H8N3O3S+. The van der Waals surface area contributed by atoms with Crippen molar-refractivity contribution >= 4 is 26.5 Å². The minimum Gasteiger partial charge on any atom is -0.501 e. The molecule has 0 aliphatic carbocycles. The Morgan fingerprint density at radius 3 is 2.53 bits per heavy atom. The van der Waals surface area contributed by atoms with Crippen molar-refractivity contribution in [1.29, 1.82) is 5.39 Å². The molecule has 6 nitrogen and oxygen atoms in total. The van der Waals surface area contributed by atoms with Crippen LogP contribution < -0.4 is 5.14 Å². The van der Waals surface area contributed by atoms with E-state index < -0.39 is 26.4 Å². The van der Waals surface area contributed by atoms with E-state index in [4.69, 9.17) is 10.5 Å². The molecule has 0 heterocycles. The molecule has 7 heteroatoms. The Bertz CT molecular complexity index is 747. The fraction of sp³-hybridized carbons (Fsp3) is 0. The van der Waals surface area contributed by atoms with E-state index in [0.29, 0.717) is 10.8 Å². The number of benzene rings is 2. The molecule has 2 aromatic carbocycles. The first-order chi connectivity index (χ1) is 7.95. The maximum atomic E-state index is 11.3. The van der Waals surface area contributed by atoms with E-state index in [1.165, 1.54) is 6.07 Å². The third-order valence-corrected chi connectivity index (χ3v) is 3.29. The normalized spacial score (nSPS) is 11.3. The first kappa shape index (κ1) is 11.3. The Hall–Kier alpha value is -2.17. The van der Waals surface area contributed by atoms with Crippen LogP contribution in [0.2, 0.25) is 0 Å². The second-order valence-electron chi connectivity index (χ2n) is 3.44. The zero-order valence-electron chi connectivity index (χ0n) is 8.53. The Kier molecular flexibility index (Phi) is 2.46. The molecule has 0 amide bonds. The highest BCUT2D eigenvalue weighted by Crippen LogP contribution is 2.39. The number of phenols is 1. The summed E-state index contributed by atoms with van der Waals surface area (Å²) in [5, 5.41) is 24.4. The maximum absolute atomic E-state index is 11.3. The van der Waals surface area contributed by atoms with Crippen molar-refractivity contribution in [1.82, 2.24) is 0 Å². The van der Waals surface area contributed by atoms with Gasteiger partial charge in [-0.25, -0.2) is 13.6 Å². The highest BCUT2D eigenvalue weighted by Gasteiger charge is 2.29. The number of fused-ring (bicyclic) bond motifs is 1. The summed E-state index contributed by atoms with van der Waals surface area (Å²) in [5.74, 6) is -0.422. The SMILES string of the molecule is N#[N+]c1c(S(N)(=O)=O)cc2ccccc2c1O. The quantitative estimate of drug-likeness (QED) is 0.750. The second-order valence-corrected chi connectivity index (χ2v) is 4.97. The number of nitrogens with two attached hydrogens (primary N) is 1. The van der Waals surface area contributed by atoms with Crippen LogP contribution in [0.4, 0.5) is 5.69 Å². The number of hydrogen-bond acceptors (Lipinski definition) is 4. The lowest BCUT2D eigenvalue weighted by Crippen LogP contribution is -2.12. The van der Waals surface area contributed by atoms with Gasteiger partial charge in [0.15, 0.2) is 9.87 Å². The van der Waals surface area contributed by atoms with Gasteiger partial charge in [0, 0.05) is 5.39 Å². The average Bonchev–Trinajstić information content (AvgIpc) is 2.28. The molecule has 0 fully saturated rings.